The van der Waals surface area contributed by atoms with Crippen LogP contribution in [0.1, 0.15) is 25.7 Å². The van der Waals surface area contributed by atoms with Crippen LogP contribution in [0.3, 0.4) is 0 Å². The van der Waals surface area contributed by atoms with E-state index < -0.39 is 10.0 Å². The van der Waals surface area contributed by atoms with Crippen LogP contribution in [0.15, 0.2) is 18.2 Å². The van der Waals surface area contributed by atoms with Crippen LogP contribution in [-0.4, -0.2) is 74.7 Å². The molecule has 8 nitrogen and oxygen atoms in total. The first kappa shape index (κ1) is 19.5. The van der Waals surface area contributed by atoms with Crippen LogP contribution in [0.4, 0.5) is 5.69 Å². The number of piperidine rings is 1. The maximum atomic E-state index is 12.4. The van der Waals surface area contributed by atoms with Gasteiger partial charge in [-0.05, 0) is 37.8 Å². The molecule has 1 aromatic rings. The van der Waals surface area contributed by atoms with Crippen molar-refractivity contribution in [3.8, 4) is 11.5 Å². The fourth-order valence-corrected chi connectivity index (χ4v) is 5.60. The molecule has 0 unspecified atom stereocenters. The van der Waals surface area contributed by atoms with Gasteiger partial charge in [-0.25, -0.2) is 12.7 Å². The number of likely N-dealkylation sites (tertiary alicyclic amines) is 1. The molecule has 0 radical (unpaired) electrons. The molecule has 1 N–H and O–H groups in total. The van der Waals surface area contributed by atoms with Crippen LogP contribution in [0.25, 0.3) is 0 Å². The highest BCUT2D eigenvalue weighted by molar-refractivity contribution is 7.90. The third-order valence-electron chi connectivity index (χ3n) is 5.61. The van der Waals surface area contributed by atoms with Crippen LogP contribution in [0.5, 0.6) is 11.5 Å². The Balaban J connectivity index is 1.26. The van der Waals surface area contributed by atoms with Crippen LogP contribution < -0.4 is 14.8 Å². The minimum atomic E-state index is -3.14. The summed E-state index contributed by atoms with van der Waals surface area (Å²) in [5.74, 6) is 1.25. The molecule has 0 spiro atoms. The van der Waals surface area contributed by atoms with E-state index in [-0.39, 0.29) is 17.2 Å². The van der Waals surface area contributed by atoms with Crippen molar-refractivity contribution in [3.05, 3.63) is 18.2 Å². The van der Waals surface area contributed by atoms with Crippen molar-refractivity contribution < 1.29 is 22.7 Å². The van der Waals surface area contributed by atoms with E-state index in [2.05, 4.69) is 10.2 Å². The van der Waals surface area contributed by atoms with Gasteiger partial charge in [0.05, 0.1) is 11.8 Å². The van der Waals surface area contributed by atoms with E-state index in [1.165, 1.54) is 0 Å². The maximum absolute atomic E-state index is 12.4. The van der Waals surface area contributed by atoms with Gasteiger partial charge in [-0.15, -0.1) is 0 Å². The molecule has 154 valence electrons. The molecule has 4 rings (SSSR count). The minimum absolute atomic E-state index is 0.0303. The normalized spacial score (nSPS) is 20.9. The molecular formula is C19H27N3O5S. The summed E-state index contributed by atoms with van der Waals surface area (Å²) in [6.07, 6.45) is 3.07. The van der Waals surface area contributed by atoms with E-state index in [4.69, 9.17) is 9.47 Å². The van der Waals surface area contributed by atoms with Crippen molar-refractivity contribution in [2.24, 2.45) is 0 Å². The van der Waals surface area contributed by atoms with Gasteiger partial charge >= 0.3 is 0 Å². The number of nitrogens with zero attached hydrogens (tertiary/aromatic N) is 2. The zero-order valence-corrected chi connectivity index (χ0v) is 16.9. The summed E-state index contributed by atoms with van der Waals surface area (Å²) in [6, 6.07) is 5.40. The SMILES string of the molecule is CN(C1CCN(CC(=O)Nc2ccc3c(c2)OCCO3)CC1)S(=O)(=O)C1CC1. The summed E-state index contributed by atoms with van der Waals surface area (Å²) in [5.41, 5.74) is 0.680. The Morgan fingerprint density at radius 1 is 1.14 bits per heavy atom. The molecule has 1 saturated carbocycles. The average molecular weight is 410 g/mol. The number of fused-ring (bicyclic) bond motifs is 1. The number of rotatable bonds is 6. The lowest BCUT2D eigenvalue weighted by molar-refractivity contribution is -0.117. The number of amides is 1. The van der Waals surface area contributed by atoms with E-state index in [0.29, 0.717) is 50.0 Å². The summed E-state index contributed by atoms with van der Waals surface area (Å²) in [7, 11) is -1.44. The van der Waals surface area contributed by atoms with Crippen LogP contribution in [0, 0.1) is 0 Å². The highest BCUT2D eigenvalue weighted by atomic mass is 32.2. The van der Waals surface area contributed by atoms with E-state index in [1.807, 2.05) is 0 Å². The van der Waals surface area contributed by atoms with Gasteiger partial charge in [-0.2, -0.15) is 0 Å². The number of benzene rings is 1. The molecule has 0 atom stereocenters. The lowest BCUT2D eigenvalue weighted by Crippen LogP contribution is -2.47. The smallest absolute Gasteiger partial charge is 0.238 e. The molecule has 2 heterocycles. The molecule has 2 fully saturated rings. The second-order valence-corrected chi connectivity index (χ2v) is 9.95. The zero-order chi connectivity index (χ0) is 19.7. The van der Waals surface area contributed by atoms with Gasteiger partial charge in [0.2, 0.25) is 15.9 Å². The Labute approximate surface area is 165 Å². The fourth-order valence-electron chi connectivity index (χ4n) is 3.77. The monoisotopic (exact) mass is 409 g/mol. The topological polar surface area (TPSA) is 88.2 Å². The molecule has 9 heteroatoms. The first-order valence-corrected chi connectivity index (χ1v) is 11.3. The summed E-state index contributed by atoms with van der Waals surface area (Å²) in [5, 5.41) is 2.72. The second-order valence-electron chi connectivity index (χ2n) is 7.67. The molecule has 1 aliphatic carbocycles. The van der Waals surface area contributed by atoms with Gasteiger partial charge in [-0.3, -0.25) is 9.69 Å². The van der Waals surface area contributed by atoms with Crippen molar-refractivity contribution in [1.29, 1.82) is 0 Å². The third-order valence-corrected chi connectivity index (χ3v) is 8.03. The summed E-state index contributed by atoms with van der Waals surface area (Å²) >= 11 is 0. The van der Waals surface area contributed by atoms with Crippen molar-refractivity contribution in [1.82, 2.24) is 9.21 Å². The Bertz CT molecular complexity index is 832. The molecule has 1 aromatic carbocycles. The number of nitrogens with one attached hydrogen (secondary N) is 1. The van der Waals surface area contributed by atoms with E-state index in [0.717, 1.165) is 25.7 Å². The number of hydrogen-bond donors (Lipinski definition) is 1. The van der Waals surface area contributed by atoms with Gasteiger partial charge in [0.15, 0.2) is 11.5 Å². The quantitative estimate of drug-likeness (QED) is 0.762. The van der Waals surface area contributed by atoms with Crippen molar-refractivity contribution in [2.75, 3.05) is 45.2 Å². The fraction of sp³-hybridized carbons (Fsp3) is 0.632. The number of carbonyl (C=O) groups excluding carboxylic acids is 1. The van der Waals surface area contributed by atoms with Gasteiger partial charge in [0.1, 0.15) is 13.2 Å². The van der Waals surface area contributed by atoms with Crippen LogP contribution in [-0.2, 0) is 14.8 Å². The lowest BCUT2D eigenvalue weighted by Gasteiger charge is -2.35. The number of sulfonamides is 1. The van der Waals surface area contributed by atoms with Crippen LogP contribution in [0.2, 0.25) is 0 Å². The zero-order valence-electron chi connectivity index (χ0n) is 16.1. The molecule has 1 amide bonds. The van der Waals surface area contributed by atoms with Crippen molar-refractivity contribution in [2.45, 2.75) is 37.0 Å². The maximum Gasteiger partial charge on any atom is 0.238 e. The molecule has 1 saturated heterocycles. The van der Waals surface area contributed by atoms with Crippen molar-refractivity contribution >= 4 is 21.6 Å². The summed E-state index contributed by atoms with van der Waals surface area (Å²) in [6.45, 7) is 2.75. The summed E-state index contributed by atoms with van der Waals surface area (Å²) < 4.78 is 37.4. The standard InChI is InChI=1S/C19H27N3O5S/c1-21(28(24,25)16-3-4-16)15-6-8-22(9-7-15)13-19(23)20-14-2-5-17-18(12-14)27-11-10-26-17/h2,5,12,15-16H,3-4,6-11,13H2,1H3,(H,20,23). The largest absolute Gasteiger partial charge is 0.486 e. The highest BCUT2D eigenvalue weighted by Crippen LogP contribution is 2.33. The molecular weight excluding hydrogens is 382 g/mol. The van der Waals surface area contributed by atoms with Crippen molar-refractivity contribution in [3.63, 3.8) is 0 Å². The highest BCUT2D eigenvalue weighted by Gasteiger charge is 2.41. The molecule has 28 heavy (non-hydrogen) atoms. The average Bonchev–Trinajstić information content (AvgIpc) is 3.54. The molecule has 0 bridgehead atoms. The van der Waals surface area contributed by atoms with Gasteiger partial charge in [0.25, 0.3) is 0 Å². The predicted octanol–water partition coefficient (Wildman–Crippen LogP) is 1.28. The molecule has 2 aliphatic heterocycles. The first-order valence-electron chi connectivity index (χ1n) is 9.82. The second kappa shape index (κ2) is 7.88. The Kier molecular flexibility index (Phi) is 5.48. The number of anilines is 1. The first-order chi connectivity index (χ1) is 13.4. The minimum Gasteiger partial charge on any atom is -0.486 e. The lowest BCUT2D eigenvalue weighted by atomic mass is 10.1. The predicted molar refractivity (Wildman–Crippen MR) is 105 cm³/mol. The number of ether oxygens (including phenoxy) is 2. The Morgan fingerprint density at radius 2 is 1.82 bits per heavy atom. The number of carbonyl (C=O) groups is 1. The van der Waals surface area contributed by atoms with Crippen LogP contribution >= 0.6 is 0 Å². The summed E-state index contributed by atoms with van der Waals surface area (Å²) in [4.78, 5) is 14.5. The van der Waals surface area contributed by atoms with Gasteiger partial charge < -0.3 is 14.8 Å². The Hall–Kier alpha value is -1.84. The molecule has 3 aliphatic rings. The van der Waals surface area contributed by atoms with E-state index in [9.17, 15) is 13.2 Å². The third kappa shape index (κ3) is 4.26. The number of hydrogen-bond acceptors (Lipinski definition) is 6. The Morgan fingerprint density at radius 3 is 2.50 bits per heavy atom. The van der Waals surface area contributed by atoms with Gasteiger partial charge in [-0.1, -0.05) is 0 Å². The van der Waals surface area contributed by atoms with E-state index >= 15 is 0 Å². The van der Waals surface area contributed by atoms with E-state index in [1.54, 1.807) is 29.6 Å². The van der Waals surface area contributed by atoms with Gasteiger partial charge in [0, 0.05) is 37.9 Å². The molecule has 0 aromatic heterocycles.